The zero-order valence-electron chi connectivity index (χ0n) is 16.3. The predicted molar refractivity (Wildman–Crippen MR) is 112 cm³/mol. The summed E-state index contributed by atoms with van der Waals surface area (Å²) in [6, 6.07) is 8.20. The maximum Gasteiger partial charge on any atom is 0.244 e. The van der Waals surface area contributed by atoms with Crippen molar-refractivity contribution < 1.29 is 27.9 Å². The van der Waals surface area contributed by atoms with Gasteiger partial charge in [0.2, 0.25) is 11.8 Å². The van der Waals surface area contributed by atoms with E-state index in [9.17, 15) is 27.9 Å². The van der Waals surface area contributed by atoms with Crippen LogP contribution in [-0.4, -0.2) is 35.1 Å². The Labute approximate surface area is 185 Å². The Kier molecular flexibility index (Phi) is 5.86. The van der Waals surface area contributed by atoms with Crippen molar-refractivity contribution in [3.8, 4) is 11.1 Å². The van der Waals surface area contributed by atoms with Crippen molar-refractivity contribution in [1.82, 2.24) is 4.98 Å². The highest BCUT2D eigenvalue weighted by Crippen LogP contribution is 2.42. The van der Waals surface area contributed by atoms with Crippen LogP contribution in [0.2, 0.25) is 5.02 Å². The first-order chi connectivity index (χ1) is 15.3. The molecule has 2 aromatic carbocycles. The number of hydrogen-bond donors (Lipinski definition) is 2. The van der Waals surface area contributed by atoms with Crippen LogP contribution in [0.5, 0.6) is 0 Å². The molecule has 1 aromatic heterocycles. The summed E-state index contributed by atoms with van der Waals surface area (Å²) >= 11 is 5.63. The maximum atomic E-state index is 14.9. The van der Waals surface area contributed by atoms with Gasteiger partial charge in [0.15, 0.2) is 0 Å². The molecule has 0 radical (unpaired) electrons. The molecule has 3 aromatic rings. The molecule has 2 amide bonds. The number of hydrogen-bond acceptors (Lipinski definition) is 4. The number of aliphatic hydroxyl groups excluding tert-OH is 1. The zero-order chi connectivity index (χ0) is 23.0. The highest BCUT2D eigenvalue weighted by atomic mass is 35.5. The van der Waals surface area contributed by atoms with E-state index in [1.54, 1.807) is 0 Å². The third kappa shape index (κ3) is 3.92. The fraction of sp³-hybridized carbons (Fsp3) is 0.136. The average molecular weight is 462 g/mol. The van der Waals surface area contributed by atoms with Crippen molar-refractivity contribution >= 4 is 34.8 Å². The van der Waals surface area contributed by atoms with Crippen LogP contribution in [0, 0.1) is 17.5 Å². The van der Waals surface area contributed by atoms with Gasteiger partial charge in [-0.3, -0.25) is 14.6 Å². The van der Waals surface area contributed by atoms with E-state index >= 15 is 0 Å². The van der Waals surface area contributed by atoms with E-state index < -0.39 is 48.3 Å². The largest absolute Gasteiger partial charge is 0.395 e. The summed E-state index contributed by atoms with van der Waals surface area (Å²) in [7, 11) is 0. The molecule has 0 aliphatic carbocycles. The van der Waals surface area contributed by atoms with Gasteiger partial charge in [0.25, 0.3) is 0 Å². The fourth-order valence-electron chi connectivity index (χ4n) is 3.62. The number of nitrogens with zero attached hydrogens (tertiary/aromatic N) is 2. The molecule has 2 N–H and O–H groups in total. The minimum Gasteiger partial charge on any atom is -0.395 e. The minimum atomic E-state index is -1.21. The third-order valence-electron chi connectivity index (χ3n) is 5.01. The number of amides is 2. The van der Waals surface area contributed by atoms with Gasteiger partial charge in [-0.15, -0.1) is 0 Å². The molecule has 6 nitrogen and oxygen atoms in total. The predicted octanol–water partition coefficient (Wildman–Crippen LogP) is 3.88. The molecule has 0 saturated heterocycles. The maximum absolute atomic E-state index is 14.9. The summed E-state index contributed by atoms with van der Waals surface area (Å²) in [6.45, 7) is -1.31. The van der Waals surface area contributed by atoms with Gasteiger partial charge in [0, 0.05) is 29.1 Å². The summed E-state index contributed by atoms with van der Waals surface area (Å²) in [5.41, 5.74) is 0.0808. The number of rotatable bonds is 4. The first kappa shape index (κ1) is 21.8. The summed E-state index contributed by atoms with van der Waals surface area (Å²) in [5, 5.41) is 12.1. The van der Waals surface area contributed by atoms with Crippen LogP contribution in [-0.2, 0) is 9.59 Å². The van der Waals surface area contributed by atoms with Crippen LogP contribution in [0.3, 0.4) is 0 Å². The lowest BCUT2D eigenvalue weighted by Gasteiger charge is -2.25. The standard InChI is InChI=1S/C22H15ClF3N3O3/c23-15-4-3-12(8-16(15)25)28-19(31)9-29-18-7-11(24)6-17(26)20(18)13-2-1-5-27-21(13)14(10-30)22(29)32/h1-8,14,30H,9-10H2,(H,28,31)/t14-/m0/s1. The van der Waals surface area contributed by atoms with Crippen LogP contribution in [0.4, 0.5) is 24.5 Å². The Morgan fingerprint density at radius 3 is 2.66 bits per heavy atom. The molecule has 10 heteroatoms. The van der Waals surface area contributed by atoms with Crippen LogP contribution >= 0.6 is 11.6 Å². The van der Waals surface area contributed by atoms with Crippen molar-refractivity contribution in [2.75, 3.05) is 23.4 Å². The Hall–Kier alpha value is -3.43. The quantitative estimate of drug-likeness (QED) is 0.617. The molecule has 4 rings (SSSR count). The number of aromatic nitrogens is 1. The van der Waals surface area contributed by atoms with E-state index in [2.05, 4.69) is 10.3 Å². The minimum absolute atomic E-state index is 0.0773. The van der Waals surface area contributed by atoms with Crippen LogP contribution in [0.15, 0.2) is 48.7 Å². The second kappa shape index (κ2) is 8.60. The average Bonchev–Trinajstić information content (AvgIpc) is 2.84. The molecule has 2 heterocycles. The van der Waals surface area contributed by atoms with Crippen molar-refractivity contribution in [3.63, 3.8) is 0 Å². The second-order valence-electron chi connectivity index (χ2n) is 7.05. The van der Waals surface area contributed by atoms with Gasteiger partial charge >= 0.3 is 0 Å². The van der Waals surface area contributed by atoms with Crippen LogP contribution in [0.25, 0.3) is 11.1 Å². The van der Waals surface area contributed by atoms with Gasteiger partial charge in [0.1, 0.15) is 29.9 Å². The summed E-state index contributed by atoms with van der Waals surface area (Å²) in [5.74, 6) is -5.40. The number of benzene rings is 2. The molecular weight excluding hydrogens is 447 g/mol. The molecule has 164 valence electrons. The molecule has 32 heavy (non-hydrogen) atoms. The summed E-state index contributed by atoms with van der Waals surface area (Å²) in [4.78, 5) is 30.9. The zero-order valence-corrected chi connectivity index (χ0v) is 17.0. The first-order valence-electron chi connectivity index (χ1n) is 9.41. The Morgan fingerprint density at radius 1 is 1.16 bits per heavy atom. The molecule has 0 bridgehead atoms. The summed E-state index contributed by atoms with van der Waals surface area (Å²) < 4.78 is 42.7. The van der Waals surface area contributed by atoms with Crippen LogP contribution < -0.4 is 10.2 Å². The molecule has 0 spiro atoms. The lowest BCUT2D eigenvalue weighted by molar-refractivity contribution is -0.123. The lowest BCUT2D eigenvalue weighted by Crippen LogP contribution is -2.41. The number of carbonyl (C=O) groups is 2. The number of fused-ring (bicyclic) bond motifs is 3. The number of halogens is 4. The second-order valence-corrected chi connectivity index (χ2v) is 7.46. The van der Waals surface area contributed by atoms with Gasteiger partial charge in [-0.2, -0.15) is 0 Å². The summed E-state index contributed by atoms with van der Waals surface area (Å²) in [6.07, 6.45) is 1.38. The number of anilines is 2. The van der Waals surface area contributed by atoms with E-state index in [0.717, 1.165) is 17.0 Å². The Morgan fingerprint density at radius 2 is 1.94 bits per heavy atom. The Bertz CT molecular complexity index is 1240. The number of pyridine rings is 1. The van der Waals surface area contributed by atoms with Crippen LogP contribution in [0.1, 0.15) is 11.6 Å². The number of carbonyl (C=O) groups excluding carboxylic acids is 2. The monoisotopic (exact) mass is 461 g/mol. The SMILES string of the molecule is O=C(CN1C(=O)[C@@H](CO)c2ncccc2-c2c(F)cc(F)cc21)Nc1ccc(Cl)c(F)c1. The van der Waals surface area contributed by atoms with E-state index in [0.29, 0.717) is 6.07 Å². The van der Waals surface area contributed by atoms with Gasteiger partial charge in [0.05, 0.1) is 23.0 Å². The van der Waals surface area contributed by atoms with Crippen molar-refractivity contribution in [3.05, 3.63) is 76.8 Å². The fourth-order valence-corrected chi connectivity index (χ4v) is 3.73. The Balaban J connectivity index is 1.77. The molecule has 0 unspecified atom stereocenters. The molecule has 0 fully saturated rings. The highest BCUT2D eigenvalue weighted by Gasteiger charge is 2.37. The lowest BCUT2D eigenvalue weighted by atomic mass is 9.96. The van der Waals surface area contributed by atoms with Gasteiger partial charge < -0.3 is 15.3 Å². The number of nitrogens with one attached hydrogen (secondary N) is 1. The van der Waals surface area contributed by atoms with E-state index in [1.807, 2.05) is 0 Å². The normalized spacial score (nSPS) is 15.1. The third-order valence-corrected chi connectivity index (χ3v) is 5.32. The molecule has 1 aliphatic heterocycles. The van der Waals surface area contributed by atoms with Crippen molar-refractivity contribution in [2.24, 2.45) is 0 Å². The van der Waals surface area contributed by atoms with E-state index in [-0.39, 0.29) is 33.2 Å². The number of aliphatic hydroxyl groups is 1. The van der Waals surface area contributed by atoms with Crippen molar-refractivity contribution in [2.45, 2.75) is 5.92 Å². The van der Waals surface area contributed by atoms with Gasteiger partial charge in [-0.25, -0.2) is 13.2 Å². The van der Waals surface area contributed by atoms with E-state index in [1.165, 1.54) is 30.5 Å². The molecule has 1 atom stereocenters. The van der Waals surface area contributed by atoms with Gasteiger partial charge in [-0.05, 0) is 30.3 Å². The topological polar surface area (TPSA) is 82.5 Å². The molecule has 1 aliphatic rings. The highest BCUT2D eigenvalue weighted by molar-refractivity contribution is 6.30. The van der Waals surface area contributed by atoms with Gasteiger partial charge in [-0.1, -0.05) is 17.7 Å². The molecule has 0 saturated carbocycles. The van der Waals surface area contributed by atoms with E-state index in [4.69, 9.17) is 11.6 Å². The smallest absolute Gasteiger partial charge is 0.244 e. The first-order valence-corrected chi connectivity index (χ1v) is 9.79. The van der Waals surface area contributed by atoms with Crippen molar-refractivity contribution in [1.29, 1.82) is 0 Å². The molecular formula is C22H15ClF3N3O3.